The van der Waals surface area contributed by atoms with Gasteiger partial charge in [0.15, 0.2) is 0 Å². The molecular formula is C52H52B3F12P2Rh. The van der Waals surface area contributed by atoms with Gasteiger partial charge in [0, 0.05) is 0 Å². The maximum absolute atomic E-state index is 9.75. The van der Waals surface area contributed by atoms with Crippen molar-refractivity contribution in [2.45, 2.75) is 77.0 Å². The number of hydrogen-bond acceptors (Lipinski definition) is 0. The minimum Gasteiger partial charge on any atom is -0.418 e. The van der Waals surface area contributed by atoms with E-state index in [-0.39, 0.29) is 19.5 Å². The molecule has 0 spiro atoms. The van der Waals surface area contributed by atoms with E-state index in [1.54, 1.807) is 33.4 Å². The summed E-state index contributed by atoms with van der Waals surface area (Å²) in [5, 5.41) is 8.79. The summed E-state index contributed by atoms with van der Waals surface area (Å²) in [4.78, 5) is 0. The molecule has 0 saturated carbocycles. The zero-order chi connectivity index (χ0) is 49.9. The van der Waals surface area contributed by atoms with Crippen LogP contribution in [0.15, 0.2) is 170 Å². The molecule has 9 rings (SSSR count). The van der Waals surface area contributed by atoms with Crippen LogP contribution >= 0.6 is 15.8 Å². The Morgan fingerprint density at radius 3 is 0.771 bits per heavy atom. The predicted molar refractivity (Wildman–Crippen MR) is 270 cm³/mol. The van der Waals surface area contributed by atoms with E-state index >= 15 is 0 Å². The van der Waals surface area contributed by atoms with E-state index in [4.69, 9.17) is 0 Å². The summed E-state index contributed by atoms with van der Waals surface area (Å²) in [6, 6.07) is 55.5. The van der Waals surface area contributed by atoms with E-state index in [1.807, 2.05) is 0 Å². The summed E-state index contributed by atoms with van der Waals surface area (Å²) in [5.41, 5.74) is 9.54. The van der Waals surface area contributed by atoms with Crippen molar-refractivity contribution in [2.75, 3.05) is 0 Å². The molecule has 0 aromatic heterocycles. The first-order valence-electron chi connectivity index (χ1n) is 22.9. The molecule has 0 radical (unpaired) electrons. The second-order valence-corrected chi connectivity index (χ2v) is 20.6. The second-order valence-electron chi connectivity index (χ2n) is 16.2. The number of hydrogen-bond donors (Lipinski definition) is 0. The van der Waals surface area contributed by atoms with Gasteiger partial charge in [0.1, 0.15) is 0 Å². The van der Waals surface area contributed by atoms with Crippen molar-refractivity contribution < 1.29 is 71.3 Å². The van der Waals surface area contributed by atoms with E-state index in [1.165, 1.54) is 109 Å². The first-order chi connectivity index (χ1) is 32.9. The van der Waals surface area contributed by atoms with Crippen molar-refractivity contribution in [2.24, 2.45) is 0 Å². The predicted octanol–water partition coefficient (Wildman–Crippen LogP) is 15.2. The van der Waals surface area contributed by atoms with Gasteiger partial charge in [-0.2, -0.15) is 0 Å². The summed E-state index contributed by atoms with van der Waals surface area (Å²) < 4.78 is 117. The van der Waals surface area contributed by atoms with E-state index < -0.39 is 37.6 Å². The van der Waals surface area contributed by atoms with Crippen LogP contribution in [0.25, 0.3) is 11.1 Å². The van der Waals surface area contributed by atoms with E-state index in [2.05, 4.69) is 170 Å². The minimum absolute atomic E-state index is 0. The Balaban J connectivity index is 0.000000368. The molecule has 0 N–H and O–H groups in total. The molecule has 6 aromatic carbocycles. The summed E-state index contributed by atoms with van der Waals surface area (Å²) in [5.74, 6) is 0. The molecule has 0 nitrogen and oxygen atoms in total. The zero-order valence-corrected chi connectivity index (χ0v) is 41.6. The molecule has 0 amide bonds. The Bertz CT molecular complexity index is 2230. The average Bonchev–Trinajstić information content (AvgIpc) is 3.29. The third kappa shape index (κ3) is 20.0. The molecular weight excluding hydrogens is 1050 g/mol. The fourth-order valence-electron chi connectivity index (χ4n) is 8.58. The number of rotatable bonds is 7. The van der Waals surface area contributed by atoms with Gasteiger partial charge >= 0.3 is 41.2 Å². The largest absolute Gasteiger partial charge is 3.00 e. The standard InChI is InChI=1S/C44H40P2.C8H12.3BF4.Rh/c1-5-19-35(20-6-1)45(36-21-7-2-8-22-36)41-31-29-33-17-13-15-27-39(33)43(41)44-40-28-16-14-18-34(40)30-32-42(44)46(37-23-9-3-10-24-37)38-25-11-4-12-26-38;1-2-4-6-8-7-5-3-1;3*2-1(3,4)5;/h1-12,19-26,29-32H,13-18,27-28H2;1-2,7-8H,3-6H2;;;;/q;;3*-1;+3/b;2-1-,8-7-;;;;. The maximum atomic E-state index is 9.75. The van der Waals surface area contributed by atoms with Crippen LogP contribution in [0, 0.1) is 0 Å². The third-order valence-corrected chi connectivity index (χ3v) is 16.1. The van der Waals surface area contributed by atoms with Crippen LogP contribution in [0.4, 0.5) is 51.8 Å². The van der Waals surface area contributed by atoms with E-state index in [0.29, 0.717) is 0 Å². The average molecular weight is 1100 g/mol. The van der Waals surface area contributed by atoms with Gasteiger partial charge in [0.25, 0.3) is 0 Å². The fraction of sp³-hybridized carbons (Fsp3) is 0.231. The molecule has 0 aliphatic heterocycles. The van der Waals surface area contributed by atoms with Crippen LogP contribution in [0.3, 0.4) is 0 Å². The van der Waals surface area contributed by atoms with Crippen LogP contribution in [0.2, 0.25) is 0 Å². The fourth-order valence-corrected chi connectivity index (χ4v) is 13.6. The third-order valence-electron chi connectivity index (χ3n) is 11.1. The summed E-state index contributed by atoms with van der Waals surface area (Å²) >= 11 is 0. The molecule has 0 fully saturated rings. The Morgan fingerprint density at radius 1 is 0.300 bits per heavy atom. The van der Waals surface area contributed by atoms with Crippen LogP contribution in [-0.2, 0) is 45.2 Å². The van der Waals surface area contributed by atoms with Gasteiger partial charge in [-0.3, -0.25) is 0 Å². The van der Waals surface area contributed by atoms with E-state index in [9.17, 15) is 51.8 Å². The number of fused-ring (bicyclic) bond motifs is 2. The van der Waals surface area contributed by atoms with Crippen LogP contribution < -0.4 is 31.8 Å². The van der Waals surface area contributed by atoms with Crippen molar-refractivity contribution >= 4 is 69.4 Å². The van der Waals surface area contributed by atoms with Crippen molar-refractivity contribution in [3.63, 3.8) is 0 Å². The molecule has 3 aliphatic rings. The van der Waals surface area contributed by atoms with Gasteiger partial charge < -0.3 is 51.8 Å². The van der Waals surface area contributed by atoms with Gasteiger partial charge in [-0.25, -0.2) is 0 Å². The molecule has 0 saturated heterocycles. The molecule has 6 aromatic rings. The van der Waals surface area contributed by atoms with Crippen molar-refractivity contribution in [3.8, 4) is 11.1 Å². The van der Waals surface area contributed by atoms with Gasteiger partial charge in [0.2, 0.25) is 0 Å². The Kier molecular flexibility index (Phi) is 23.8. The van der Waals surface area contributed by atoms with E-state index in [0.717, 1.165) is 0 Å². The Hall–Kier alpha value is -4.36. The number of allylic oxidation sites excluding steroid dienone is 4. The summed E-state index contributed by atoms with van der Waals surface area (Å²) in [6.45, 7) is 0. The van der Waals surface area contributed by atoms with Gasteiger partial charge in [0.05, 0.1) is 0 Å². The van der Waals surface area contributed by atoms with Gasteiger partial charge in [-0.15, -0.1) is 0 Å². The molecule has 0 bridgehead atoms. The minimum atomic E-state index is -6.00. The Labute approximate surface area is 419 Å². The SMILES string of the molecule is C1=C\CC/C=C\CC/1.F[B-](F)(F)F.F[B-](F)(F)F.F[B-](F)(F)F.[Rh+3].c1ccc(P(c2ccccc2)c2ccc3c(c2-c2c(P(c4ccccc4)c4ccccc4)ccc4c2CCCC4)CCCC3)cc1. The molecule has 0 unspecified atom stereocenters. The Morgan fingerprint density at radius 2 is 0.529 bits per heavy atom. The van der Waals surface area contributed by atoms with Crippen molar-refractivity contribution in [1.29, 1.82) is 0 Å². The number of halogens is 12. The molecule has 0 heterocycles. The van der Waals surface area contributed by atoms with Gasteiger partial charge in [-0.1, -0.05) is 170 Å². The normalized spacial score (nSPS) is 15.1. The first-order valence-corrected chi connectivity index (χ1v) is 25.6. The van der Waals surface area contributed by atoms with Crippen LogP contribution in [-0.4, -0.2) is 21.8 Å². The smallest absolute Gasteiger partial charge is 0.418 e. The van der Waals surface area contributed by atoms with Crippen molar-refractivity contribution in [3.05, 3.63) is 192 Å². The van der Waals surface area contributed by atoms with Crippen LogP contribution in [0.5, 0.6) is 0 Å². The molecule has 372 valence electrons. The zero-order valence-electron chi connectivity index (χ0n) is 38.1. The number of benzene rings is 6. The van der Waals surface area contributed by atoms with Crippen molar-refractivity contribution in [1.82, 2.24) is 0 Å². The maximum Gasteiger partial charge on any atom is 3.00 e. The summed E-state index contributed by atoms with van der Waals surface area (Å²) in [7, 11) is -19.5. The van der Waals surface area contributed by atoms with Crippen LogP contribution in [0.1, 0.15) is 73.6 Å². The second kappa shape index (κ2) is 28.6. The molecule has 18 heteroatoms. The molecule has 0 atom stereocenters. The first kappa shape index (κ1) is 58.2. The quantitative estimate of drug-likeness (QED) is 0.0647. The van der Waals surface area contributed by atoms with Gasteiger partial charge in [-0.05, 0) is 158 Å². The number of aryl methyl sites for hydroxylation is 2. The topological polar surface area (TPSA) is 0 Å². The summed E-state index contributed by atoms with van der Waals surface area (Å²) in [6.07, 6.45) is 23.8. The molecule has 3 aliphatic carbocycles. The molecule has 70 heavy (non-hydrogen) atoms. The monoisotopic (exact) mass is 1100 g/mol.